The van der Waals surface area contributed by atoms with E-state index in [0.29, 0.717) is 31.9 Å². The second-order valence-electron chi connectivity index (χ2n) is 6.36. The quantitative estimate of drug-likeness (QED) is 0.846. The number of piperazine rings is 1. The zero-order chi connectivity index (χ0) is 18.5. The largest absolute Gasteiger partial charge is 0.378 e. The van der Waals surface area contributed by atoms with Crippen molar-refractivity contribution in [2.75, 3.05) is 55.4 Å². The normalized spacial score (nSPS) is 14.1. The zero-order valence-electron chi connectivity index (χ0n) is 15.1. The first kappa shape index (κ1) is 17.7. The van der Waals surface area contributed by atoms with E-state index in [4.69, 9.17) is 0 Å². The van der Waals surface area contributed by atoms with Gasteiger partial charge in [0, 0.05) is 57.8 Å². The average molecular weight is 353 g/mol. The Morgan fingerprint density at radius 2 is 1.69 bits per heavy atom. The second-order valence-corrected chi connectivity index (χ2v) is 6.36. The summed E-state index contributed by atoms with van der Waals surface area (Å²) in [6, 6.07) is 13.1. The van der Waals surface area contributed by atoms with Crippen LogP contribution in [0.25, 0.3) is 0 Å². The number of carbonyl (C=O) groups excluding carboxylic acids is 2. The summed E-state index contributed by atoms with van der Waals surface area (Å²) >= 11 is 0. The number of nitrogens with one attached hydrogen (secondary N) is 1. The van der Waals surface area contributed by atoms with Crippen LogP contribution >= 0.6 is 0 Å². The first-order chi connectivity index (χ1) is 12.5. The van der Waals surface area contributed by atoms with Gasteiger partial charge in [0.2, 0.25) is 0 Å². The van der Waals surface area contributed by atoms with Gasteiger partial charge in [0.05, 0.1) is 0 Å². The lowest BCUT2D eigenvalue weighted by atomic mass is 10.2. The third-order valence-electron chi connectivity index (χ3n) is 4.38. The monoisotopic (exact) mass is 353 g/mol. The van der Waals surface area contributed by atoms with Crippen molar-refractivity contribution in [1.29, 1.82) is 0 Å². The molecule has 7 heteroatoms. The van der Waals surface area contributed by atoms with E-state index in [1.807, 2.05) is 49.3 Å². The lowest BCUT2D eigenvalue weighted by molar-refractivity contribution is -0.143. The van der Waals surface area contributed by atoms with Crippen LogP contribution in [-0.2, 0) is 9.59 Å². The maximum absolute atomic E-state index is 12.4. The fourth-order valence-corrected chi connectivity index (χ4v) is 2.85. The molecule has 0 atom stereocenters. The minimum absolute atomic E-state index is 0.498. The summed E-state index contributed by atoms with van der Waals surface area (Å²) in [5, 5.41) is 2.67. The van der Waals surface area contributed by atoms with E-state index in [9.17, 15) is 9.59 Å². The van der Waals surface area contributed by atoms with Crippen LogP contribution in [-0.4, -0.2) is 62.0 Å². The highest BCUT2D eigenvalue weighted by atomic mass is 16.2. The van der Waals surface area contributed by atoms with E-state index in [-0.39, 0.29) is 0 Å². The Balaban J connectivity index is 1.54. The van der Waals surface area contributed by atoms with Crippen LogP contribution in [0.3, 0.4) is 0 Å². The van der Waals surface area contributed by atoms with Crippen LogP contribution in [0.5, 0.6) is 0 Å². The van der Waals surface area contributed by atoms with Crippen molar-refractivity contribution in [2.45, 2.75) is 0 Å². The Kier molecular flexibility index (Phi) is 5.36. The van der Waals surface area contributed by atoms with Crippen LogP contribution in [0.15, 0.2) is 48.7 Å². The fourth-order valence-electron chi connectivity index (χ4n) is 2.85. The van der Waals surface area contributed by atoms with E-state index in [0.717, 1.165) is 11.5 Å². The van der Waals surface area contributed by atoms with Gasteiger partial charge < -0.3 is 20.0 Å². The average Bonchev–Trinajstić information content (AvgIpc) is 2.68. The molecule has 0 aliphatic carbocycles. The smallest absolute Gasteiger partial charge is 0.313 e. The Morgan fingerprint density at radius 3 is 2.27 bits per heavy atom. The topological polar surface area (TPSA) is 68.8 Å². The van der Waals surface area contributed by atoms with E-state index in [1.54, 1.807) is 23.2 Å². The maximum atomic E-state index is 12.4. The van der Waals surface area contributed by atoms with Crippen LogP contribution in [0.2, 0.25) is 0 Å². The summed E-state index contributed by atoms with van der Waals surface area (Å²) < 4.78 is 0. The van der Waals surface area contributed by atoms with E-state index >= 15 is 0 Å². The summed E-state index contributed by atoms with van der Waals surface area (Å²) in [5.74, 6) is -0.207. The molecule has 26 heavy (non-hydrogen) atoms. The van der Waals surface area contributed by atoms with E-state index in [1.165, 1.54) is 0 Å². The maximum Gasteiger partial charge on any atom is 0.313 e. The molecule has 2 heterocycles. The molecule has 1 saturated heterocycles. The van der Waals surface area contributed by atoms with Gasteiger partial charge in [0.15, 0.2) is 0 Å². The SMILES string of the molecule is CN(C)c1ccc(NC(=O)C(=O)N2CCN(c3ccccn3)CC2)cc1. The molecule has 0 bridgehead atoms. The van der Waals surface area contributed by atoms with Gasteiger partial charge in [0.25, 0.3) is 0 Å². The van der Waals surface area contributed by atoms with Crippen molar-refractivity contribution in [3.8, 4) is 0 Å². The number of carbonyl (C=O) groups is 2. The van der Waals surface area contributed by atoms with Gasteiger partial charge in [0.1, 0.15) is 5.82 Å². The number of pyridine rings is 1. The van der Waals surface area contributed by atoms with Crippen molar-refractivity contribution in [3.05, 3.63) is 48.7 Å². The van der Waals surface area contributed by atoms with Crippen LogP contribution < -0.4 is 15.1 Å². The third kappa shape index (κ3) is 4.11. The molecule has 7 nitrogen and oxygen atoms in total. The highest BCUT2D eigenvalue weighted by Gasteiger charge is 2.26. The second kappa shape index (κ2) is 7.86. The van der Waals surface area contributed by atoms with Crippen molar-refractivity contribution in [3.63, 3.8) is 0 Å². The highest BCUT2D eigenvalue weighted by Crippen LogP contribution is 2.16. The lowest BCUT2D eigenvalue weighted by Gasteiger charge is -2.35. The molecule has 3 rings (SSSR count). The summed E-state index contributed by atoms with van der Waals surface area (Å²) in [6.07, 6.45) is 1.75. The number of hydrogen-bond donors (Lipinski definition) is 1. The molecule has 1 aliphatic rings. The molecule has 0 unspecified atom stereocenters. The molecule has 0 radical (unpaired) electrons. The molecule has 0 spiro atoms. The number of nitrogens with zero attached hydrogens (tertiary/aromatic N) is 4. The zero-order valence-corrected chi connectivity index (χ0v) is 15.1. The number of anilines is 3. The number of amides is 2. The molecule has 1 aromatic carbocycles. The molecule has 1 aromatic heterocycles. The number of hydrogen-bond acceptors (Lipinski definition) is 5. The number of aromatic nitrogens is 1. The van der Waals surface area contributed by atoms with Crippen LogP contribution in [0.4, 0.5) is 17.2 Å². The Labute approximate surface area is 153 Å². The molecule has 2 amide bonds. The van der Waals surface area contributed by atoms with Gasteiger partial charge in [-0.2, -0.15) is 0 Å². The number of rotatable bonds is 3. The summed E-state index contributed by atoms with van der Waals surface area (Å²) in [7, 11) is 3.89. The predicted molar refractivity (Wildman–Crippen MR) is 102 cm³/mol. The molecule has 1 N–H and O–H groups in total. The molecular formula is C19H23N5O2. The molecule has 0 saturated carbocycles. The van der Waals surface area contributed by atoms with Gasteiger partial charge in [-0.05, 0) is 36.4 Å². The first-order valence-electron chi connectivity index (χ1n) is 8.58. The van der Waals surface area contributed by atoms with Crippen LogP contribution in [0.1, 0.15) is 0 Å². The third-order valence-corrected chi connectivity index (χ3v) is 4.38. The van der Waals surface area contributed by atoms with Crippen molar-refractivity contribution in [2.24, 2.45) is 0 Å². The van der Waals surface area contributed by atoms with Gasteiger partial charge in [-0.15, -0.1) is 0 Å². The summed E-state index contributed by atoms with van der Waals surface area (Å²) in [4.78, 5) is 34.6. The molecule has 1 fully saturated rings. The lowest BCUT2D eigenvalue weighted by Crippen LogP contribution is -2.51. The van der Waals surface area contributed by atoms with Crippen molar-refractivity contribution < 1.29 is 9.59 Å². The van der Waals surface area contributed by atoms with E-state index < -0.39 is 11.8 Å². The Morgan fingerprint density at radius 1 is 1.00 bits per heavy atom. The van der Waals surface area contributed by atoms with E-state index in [2.05, 4.69) is 15.2 Å². The highest BCUT2D eigenvalue weighted by molar-refractivity contribution is 6.39. The fraction of sp³-hybridized carbons (Fsp3) is 0.316. The van der Waals surface area contributed by atoms with Gasteiger partial charge in [-0.1, -0.05) is 6.07 Å². The minimum Gasteiger partial charge on any atom is -0.378 e. The van der Waals surface area contributed by atoms with Crippen LogP contribution in [0, 0.1) is 0 Å². The molecule has 136 valence electrons. The Bertz CT molecular complexity index is 753. The number of benzene rings is 1. The van der Waals surface area contributed by atoms with Gasteiger partial charge >= 0.3 is 11.8 Å². The van der Waals surface area contributed by atoms with Crippen molar-refractivity contribution >= 4 is 29.0 Å². The summed E-state index contributed by atoms with van der Waals surface area (Å²) in [6.45, 7) is 2.33. The van der Waals surface area contributed by atoms with Gasteiger partial charge in [-0.25, -0.2) is 4.98 Å². The minimum atomic E-state index is -0.603. The van der Waals surface area contributed by atoms with Crippen molar-refractivity contribution in [1.82, 2.24) is 9.88 Å². The van der Waals surface area contributed by atoms with Gasteiger partial charge in [-0.3, -0.25) is 9.59 Å². The molecule has 1 aliphatic heterocycles. The first-order valence-corrected chi connectivity index (χ1v) is 8.58. The Hall–Kier alpha value is -3.09. The molecule has 2 aromatic rings. The molecular weight excluding hydrogens is 330 g/mol. The standard InChI is InChI=1S/C19H23N5O2/c1-22(2)16-8-6-15(7-9-16)21-18(25)19(26)24-13-11-23(12-14-24)17-5-3-4-10-20-17/h3-10H,11-14H2,1-2H3,(H,21,25). The predicted octanol–water partition coefficient (Wildman–Crippen LogP) is 1.43. The summed E-state index contributed by atoms with van der Waals surface area (Å²) in [5.41, 5.74) is 1.64.